The van der Waals surface area contributed by atoms with E-state index in [-0.39, 0.29) is 40.0 Å². The number of hydrogen-bond donors (Lipinski definition) is 1. The molecule has 0 bridgehead atoms. The van der Waals surface area contributed by atoms with E-state index < -0.39 is 17.7 Å². The Bertz CT molecular complexity index is 1650. The van der Waals surface area contributed by atoms with Crippen LogP contribution in [0, 0.1) is 5.82 Å². The van der Waals surface area contributed by atoms with Crippen LogP contribution >= 0.6 is 23.2 Å². The molecular formula is C30H25Cl2FN4O5. The highest BCUT2D eigenvalue weighted by atomic mass is 35.5. The lowest BCUT2D eigenvalue weighted by Gasteiger charge is -2.32. The number of methoxy groups -OCH3 is 1. The fourth-order valence-electron chi connectivity index (χ4n) is 5.23. The van der Waals surface area contributed by atoms with Gasteiger partial charge in [-0.3, -0.25) is 9.89 Å². The fraction of sp³-hybridized carbons (Fsp3) is 0.233. The lowest BCUT2D eigenvalue weighted by Crippen LogP contribution is -2.37. The van der Waals surface area contributed by atoms with E-state index in [9.17, 15) is 9.59 Å². The van der Waals surface area contributed by atoms with Crippen molar-refractivity contribution in [2.45, 2.75) is 6.54 Å². The van der Waals surface area contributed by atoms with E-state index in [0.29, 0.717) is 48.9 Å². The van der Waals surface area contributed by atoms with Gasteiger partial charge in [0.1, 0.15) is 11.6 Å². The molecule has 0 atom stereocenters. The van der Waals surface area contributed by atoms with E-state index in [1.165, 1.54) is 18.1 Å². The van der Waals surface area contributed by atoms with Crippen LogP contribution in [-0.4, -0.2) is 67.1 Å². The smallest absolute Gasteiger partial charge is 0.340 e. The largest absolute Gasteiger partial charge is 0.472 e. The number of fused-ring (bicyclic) bond motifs is 1. The van der Waals surface area contributed by atoms with Crippen LogP contribution in [0.5, 0.6) is 5.75 Å². The van der Waals surface area contributed by atoms with E-state index in [0.717, 1.165) is 11.1 Å². The van der Waals surface area contributed by atoms with Crippen molar-refractivity contribution in [3.05, 3.63) is 87.4 Å². The summed E-state index contributed by atoms with van der Waals surface area (Å²) >= 11 is 13.0. The van der Waals surface area contributed by atoms with Crippen molar-refractivity contribution in [2.75, 3.05) is 45.0 Å². The molecule has 216 valence electrons. The number of esters is 1. The summed E-state index contributed by atoms with van der Waals surface area (Å²) in [6.45, 7) is 2.16. The maximum atomic E-state index is 15.6. The first-order valence-electron chi connectivity index (χ1n) is 13.1. The third kappa shape index (κ3) is 5.17. The number of aromatic nitrogens is 2. The van der Waals surface area contributed by atoms with Crippen LogP contribution in [-0.2, 0) is 16.0 Å². The van der Waals surface area contributed by atoms with E-state index in [1.807, 2.05) is 11.0 Å². The van der Waals surface area contributed by atoms with Crippen molar-refractivity contribution in [3.63, 3.8) is 0 Å². The number of rotatable bonds is 5. The molecule has 0 radical (unpaired) electrons. The molecule has 0 spiro atoms. The molecule has 12 heteroatoms. The average molecular weight is 611 g/mol. The average Bonchev–Trinajstić information content (AvgIpc) is 3.55. The molecule has 2 aliphatic rings. The lowest BCUT2D eigenvalue weighted by atomic mass is 9.97. The monoisotopic (exact) mass is 610 g/mol. The van der Waals surface area contributed by atoms with Crippen LogP contribution < -0.4 is 9.64 Å². The number of morpholine rings is 1. The normalized spacial score (nSPS) is 14.8. The zero-order valence-electron chi connectivity index (χ0n) is 22.5. The van der Waals surface area contributed by atoms with E-state index in [1.54, 1.807) is 42.7 Å². The van der Waals surface area contributed by atoms with Gasteiger partial charge in [0.15, 0.2) is 6.73 Å². The quantitative estimate of drug-likeness (QED) is 0.285. The van der Waals surface area contributed by atoms with Crippen LogP contribution in [0.3, 0.4) is 0 Å². The Labute approximate surface area is 250 Å². The summed E-state index contributed by atoms with van der Waals surface area (Å²) in [4.78, 5) is 29.5. The van der Waals surface area contributed by atoms with Gasteiger partial charge in [0.25, 0.3) is 5.91 Å². The van der Waals surface area contributed by atoms with Crippen molar-refractivity contribution in [2.24, 2.45) is 0 Å². The van der Waals surface area contributed by atoms with E-state index in [2.05, 4.69) is 10.2 Å². The van der Waals surface area contributed by atoms with Crippen molar-refractivity contribution >= 4 is 40.8 Å². The molecule has 1 aromatic heterocycles. The van der Waals surface area contributed by atoms with E-state index >= 15 is 4.39 Å². The summed E-state index contributed by atoms with van der Waals surface area (Å²) in [5.41, 5.74) is 3.80. The maximum absolute atomic E-state index is 15.6. The number of amides is 1. The predicted octanol–water partition coefficient (Wildman–Crippen LogP) is 5.81. The SMILES string of the molecule is COC(=O)c1cc(F)c(-c2cccc3c2OCN(C(=O)c2c(Cl)cc(-c4cn[nH]c4)cc2Cl)C3)cc1N1CCOCC1. The van der Waals surface area contributed by atoms with Gasteiger partial charge in [0.2, 0.25) is 0 Å². The second kappa shape index (κ2) is 11.6. The number of H-pyrrole nitrogens is 1. The van der Waals surface area contributed by atoms with Gasteiger partial charge in [-0.25, -0.2) is 9.18 Å². The molecule has 42 heavy (non-hydrogen) atoms. The highest BCUT2D eigenvalue weighted by Gasteiger charge is 2.30. The maximum Gasteiger partial charge on any atom is 0.340 e. The Morgan fingerprint density at radius 3 is 2.50 bits per heavy atom. The van der Waals surface area contributed by atoms with Gasteiger partial charge < -0.3 is 24.0 Å². The number of carbonyl (C=O) groups is 2. The summed E-state index contributed by atoms with van der Waals surface area (Å²) in [5, 5.41) is 7.07. The minimum absolute atomic E-state index is 0.100. The molecule has 0 aliphatic carbocycles. The Morgan fingerprint density at radius 2 is 1.81 bits per heavy atom. The summed E-state index contributed by atoms with van der Waals surface area (Å²) in [7, 11) is 1.26. The Hall–Kier alpha value is -4.12. The molecule has 0 unspecified atom stereocenters. The van der Waals surface area contributed by atoms with Gasteiger partial charge in [0, 0.05) is 41.5 Å². The first-order chi connectivity index (χ1) is 20.4. The van der Waals surface area contributed by atoms with Crippen LogP contribution in [0.15, 0.2) is 54.9 Å². The highest BCUT2D eigenvalue weighted by molar-refractivity contribution is 6.40. The molecule has 1 amide bonds. The summed E-state index contributed by atoms with van der Waals surface area (Å²) < 4.78 is 32.1. The molecule has 1 fully saturated rings. The standard InChI is InChI=1S/C30H25Cl2FN4O5/c1-40-30(39)22-11-25(33)21(12-26(22)36-5-7-41-8-6-36)20-4-2-3-17-15-37(16-42-28(17)20)29(38)27-23(31)9-18(10-24(27)32)19-13-34-35-14-19/h2-4,9-14H,5-8,15-16H2,1H3,(H,34,35). The number of halogens is 3. The first-order valence-corrected chi connectivity index (χ1v) is 13.9. The van der Waals surface area contributed by atoms with Crippen LogP contribution in [0.2, 0.25) is 10.0 Å². The number of para-hydroxylation sites is 1. The molecule has 1 N–H and O–H groups in total. The number of nitrogens with one attached hydrogen (secondary N) is 1. The third-order valence-corrected chi connectivity index (χ3v) is 7.93. The number of nitrogens with zero attached hydrogens (tertiary/aromatic N) is 3. The molecule has 0 saturated carbocycles. The number of ether oxygens (including phenoxy) is 3. The summed E-state index contributed by atoms with van der Waals surface area (Å²) in [5.74, 6) is -1.17. The number of anilines is 1. The third-order valence-electron chi connectivity index (χ3n) is 7.33. The minimum atomic E-state index is -0.627. The predicted molar refractivity (Wildman–Crippen MR) is 156 cm³/mol. The molecule has 1 saturated heterocycles. The van der Waals surface area contributed by atoms with Crippen LogP contribution in [0.25, 0.3) is 22.3 Å². The van der Waals surface area contributed by atoms with Crippen molar-refractivity contribution in [1.82, 2.24) is 15.1 Å². The first kappa shape index (κ1) is 28.0. The van der Waals surface area contributed by atoms with Crippen molar-refractivity contribution < 1.29 is 28.2 Å². The molecule has 4 aromatic rings. The topological polar surface area (TPSA) is 97.0 Å². The molecular weight excluding hydrogens is 586 g/mol. The minimum Gasteiger partial charge on any atom is -0.472 e. The van der Waals surface area contributed by atoms with Crippen LogP contribution in [0.1, 0.15) is 26.3 Å². The number of aromatic amines is 1. The number of hydrogen-bond acceptors (Lipinski definition) is 7. The second-order valence-corrected chi connectivity index (χ2v) is 10.6. The second-order valence-electron chi connectivity index (χ2n) is 9.81. The van der Waals surface area contributed by atoms with Crippen molar-refractivity contribution in [3.8, 4) is 28.0 Å². The zero-order chi connectivity index (χ0) is 29.4. The van der Waals surface area contributed by atoms with Gasteiger partial charge in [-0.05, 0) is 29.8 Å². The molecule has 3 aromatic carbocycles. The van der Waals surface area contributed by atoms with Gasteiger partial charge in [-0.2, -0.15) is 5.10 Å². The van der Waals surface area contributed by atoms with Gasteiger partial charge in [-0.15, -0.1) is 0 Å². The fourth-order valence-corrected chi connectivity index (χ4v) is 5.88. The van der Waals surface area contributed by atoms with Gasteiger partial charge >= 0.3 is 5.97 Å². The summed E-state index contributed by atoms with van der Waals surface area (Å²) in [6.07, 6.45) is 3.33. The van der Waals surface area contributed by atoms with Crippen LogP contribution in [0.4, 0.5) is 10.1 Å². The Kier molecular flexibility index (Phi) is 7.76. The summed E-state index contributed by atoms with van der Waals surface area (Å²) in [6, 6.07) is 11.5. The van der Waals surface area contributed by atoms with Gasteiger partial charge in [-0.1, -0.05) is 41.4 Å². The molecule has 2 aliphatic heterocycles. The molecule has 9 nitrogen and oxygen atoms in total. The molecule has 3 heterocycles. The van der Waals surface area contributed by atoms with Gasteiger partial charge in [0.05, 0.1) is 59.9 Å². The number of benzene rings is 3. The number of carbonyl (C=O) groups excluding carboxylic acids is 2. The van der Waals surface area contributed by atoms with E-state index in [4.69, 9.17) is 37.4 Å². The van der Waals surface area contributed by atoms with Crippen molar-refractivity contribution in [1.29, 1.82) is 0 Å². The Balaban J connectivity index is 1.32. The highest BCUT2D eigenvalue weighted by Crippen LogP contribution is 2.41. The Morgan fingerprint density at radius 1 is 1.05 bits per heavy atom. The lowest BCUT2D eigenvalue weighted by molar-refractivity contribution is 0.0515. The molecule has 6 rings (SSSR count). The zero-order valence-corrected chi connectivity index (χ0v) is 24.0.